The van der Waals surface area contributed by atoms with Crippen molar-refractivity contribution in [3.05, 3.63) is 53.6 Å². The Hall–Kier alpha value is -2.16. The predicted molar refractivity (Wildman–Crippen MR) is 85.4 cm³/mol. The monoisotopic (exact) mass is 283 g/mol. The topological polar surface area (TPSA) is 30.5 Å². The molecule has 0 aliphatic carbocycles. The summed E-state index contributed by atoms with van der Waals surface area (Å²) in [4.78, 5) is 0. The molecule has 110 valence electrons. The zero-order valence-corrected chi connectivity index (χ0v) is 12.4. The van der Waals surface area contributed by atoms with Crippen LogP contribution in [0, 0.1) is 0 Å². The fourth-order valence-electron chi connectivity index (χ4n) is 2.58. The van der Waals surface area contributed by atoms with Crippen molar-refractivity contribution in [3.63, 3.8) is 0 Å². The lowest BCUT2D eigenvalue weighted by atomic mass is 10.1. The third-order valence-corrected chi connectivity index (χ3v) is 3.66. The molecule has 2 aromatic carbocycles. The van der Waals surface area contributed by atoms with E-state index in [1.165, 1.54) is 11.1 Å². The number of fused-ring (bicyclic) bond motifs is 1. The van der Waals surface area contributed by atoms with Gasteiger partial charge in [-0.15, -0.1) is 0 Å². The molecular formula is C18H21NO2. The van der Waals surface area contributed by atoms with E-state index in [1.54, 1.807) is 0 Å². The van der Waals surface area contributed by atoms with E-state index >= 15 is 0 Å². The molecule has 0 bridgehead atoms. The molecule has 3 heteroatoms. The summed E-state index contributed by atoms with van der Waals surface area (Å²) in [7, 11) is 0. The maximum atomic E-state index is 5.53. The Bertz CT molecular complexity index is 593. The van der Waals surface area contributed by atoms with Crippen LogP contribution in [0.4, 0.5) is 5.69 Å². The van der Waals surface area contributed by atoms with Crippen LogP contribution in [0.15, 0.2) is 42.5 Å². The second-order valence-corrected chi connectivity index (χ2v) is 5.17. The first-order valence-electron chi connectivity index (χ1n) is 7.56. The lowest BCUT2D eigenvalue weighted by Crippen LogP contribution is -2.05. The van der Waals surface area contributed by atoms with E-state index < -0.39 is 0 Å². The van der Waals surface area contributed by atoms with Gasteiger partial charge in [0.25, 0.3) is 0 Å². The average molecular weight is 283 g/mol. The predicted octanol–water partition coefficient (Wildman–Crippen LogP) is 3.67. The molecule has 1 aliphatic rings. The van der Waals surface area contributed by atoms with Crippen molar-refractivity contribution >= 4 is 5.69 Å². The zero-order valence-electron chi connectivity index (χ0n) is 12.4. The Balaban J connectivity index is 1.51. The largest absolute Gasteiger partial charge is 0.494 e. The molecule has 3 rings (SSSR count). The lowest BCUT2D eigenvalue weighted by Gasteiger charge is -2.09. The summed E-state index contributed by atoms with van der Waals surface area (Å²) in [5.74, 6) is 1.97. The molecule has 21 heavy (non-hydrogen) atoms. The molecule has 1 aliphatic heterocycles. The van der Waals surface area contributed by atoms with Crippen LogP contribution in [0.25, 0.3) is 0 Å². The molecule has 0 aromatic heterocycles. The summed E-state index contributed by atoms with van der Waals surface area (Å²) in [6.45, 7) is 4.44. The van der Waals surface area contributed by atoms with E-state index in [0.29, 0.717) is 6.61 Å². The molecule has 0 saturated carbocycles. The molecule has 0 fully saturated rings. The van der Waals surface area contributed by atoms with Gasteiger partial charge in [-0.05, 0) is 54.8 Å². The Kier molecular flexibility index (Phi) is 4.29. The molecule has 2 aromatic rings. The standard InChI is InChI=1S/C18H21NO2/c1-2-20-17-6-4-16(5-7-17)19-11-9-14-3-8-18-15(13-14)10-12-21-18/h3-8,13,19H,2,9-12H2,1H3. The summed E-state index contributed by atoms with van der Waals surface area (Å²) in [5, 5.41) is 3.44. The maximum Gasteiger partial charge on any atom is 0.122 e. The van der Waals surface area contributed by atoms with Crippen LogP contribution in [0.3, 0.4) is 0 Å². The zero-order chi connectivity index (χ0) is 14.5. The average Bonchev–Trinajstić information content (AvgIpc) is 2.97. The van der Waals surface area contributed by atoms with E-state index in [0.717, 1.165) is 43.2 Å². The van der Waals surface area contributed by atoms with Crippen molar-refractivity contribution < 1.29 is 9.47 Å². The highest BCUT2D eigenvalue weighted by molar-refractivity contribution is 5.46. The van der Waals surface area contributed by atoms with Crippen molar-refractivity contribution in [1.82, 2.24) is 0 Å². The second-order valence-electron chi connectivity index (χ2n) is 5.17. The Morgan fingerprint density at radius 2 is 2.00 bits per heavy atom. The van der Waals surface area contributed by atoms with Crippen molar-refractivity contribution in [2.45, 2.75) is 19.8 Å². The van der Waals surface area contributed by atoms with E-state index in [1.807, 2.05) is 19.1 Å². The smallest absolute Gasteiger partial charge is 0.122 e. The third kappa shape index (κ3) is 3.48. The van der Waals surface area contributed by atoms with Gasteiger partial charge in [-0.2, -0.15) is 0 Å². The second kappa shape index (κ2) is 6.53. The van der Waals surface area contributed by atoms with E-state index in [4.69, 9.17) is 9.47 Å². The Morgan fingerprint density at radius 3 is 2.81 bits per heavy atom. The molecule has 1 heterocycles. The van der Waals surface area contributed by atoms with Crippen molar-refractivity contribution in [1.29, 1.82) is 0 Å². The van der Waals surface area contributed by atoms with Crippen LogP contribution in [-0.2, 0) is 12.8 Å². The molecule has 0 spiro atoms. The minimum atomic E-state index is 0.703. The van der Waals surface area contributed by atoms with Gasteiger partial charge >= 0.3 is 0 Å². The van der Waals surface area contributed by atoms with Gasteiger partial charge in [0.1, 0.15) is 11.5 Å². The summed E-state index contributed by atoms with van der Waals surface area (Å²) in [5.41, 5.74) is 3.83. The van der Waals surface area contributed by atoms with Crippen LogP contribution >= 0.6 is 0 Å². The minimum Gasteiger partial charge on any atom is -0.494 e. The normalized spacial score (nSPS) is 12.6. The molecule has 1 N–H and O–H groups in total. The van der Waals surface area contributed by atoms with Crippen molar-refractivity contribution in [2.75, 3.05) is 25.1 Å². The lowest BCUT2D eigenvalue weighted by molar-refractivity contribution is 0.340. The quantitative estimate of drug-likeness (QED) is 0.877. The van der Waals surface area contributed by atoms with Crippen molar-refractivity contribution in [3.8, 4) is 11.5 Å². The van der Waals surface area contributed by atoms with E-state index in [-0.39, 0.29) is 0 Å². The fraction of sp³-hybridized carbons (Fsp3) is 0.333. The summed E-state index contributed by atoms with van der Waals surface area (Å²) < 4.78 is 11.0. The first kappa shape index (κ1) is 13.8. The van der Waals surface area contributed by atoms with Gasteiger partial charge in [0.15, 0.2) is 0 Å². The first-order chi connectivity index (χ1) is 10.3. The maximum absolute atomic E-state index is 5.53. The molecule has 0 amide bonds. The summed E-state index contributed by atoms with van der Waals surface area (Å²) in [6, 6.07) is 14.6. The number of benzene rings is 2. The van der Waals surface area contributed by atoms with Gasteiger partial charge in [-0.3, -0.25) is 0 Å². The Morgan fingerprint density at radius 1 is 1.14 bits per heavy atom. The Labute approximate surface area is 125 Å². The molecular weight excluding hydrogens is 262 g/mol. The summed E-state index contributed by atoms with van der Waals surface area (Å²) in [6.07, 6.45) is 2.05. The fourth-order valence-corrected chi connectivity index (χ4v) is 2.58. The first-order valence-corrected chi connectivity index (χ1v) is 7.56. The van der Waals surface area contributed by atoms with E-state index in [9.17, 15) is 0 Å². The van der Waals surface area contributed by atoms with Gasteiger partial charge in [0, 0.05) is 18.7 Å². The van der Waals surface area contributed by atoms with Crippen LogP contribution in [0.5, 0.6) is 11.5 Å². The molecule has 0 unspecified atom stereocenters. The van der Waals surface area contributed by atoms with Gasteiger partial charge < -0.3 is 14.8 Å². The van der Waals surface area contributed by atoms with Gasteiger partial charge in [0.2, 0.25) is 0 Å². The highest BCUT2D eigenvalue weighted by Crippen LogP contribution is 2.26. The summed E-state index contributed by atoms with van der Waals surface area (Å²) >= 11 is 0. The van der Waals surface area contributed by atoms with Gasteiger partial charge in [-0.25, -0.2) is 0 Å². The molecule has 0 radical (unpaired) electrons. The SMILES string of the molecule is CCOc1ccc(NCCc2ccc3c(c2)CCO3)cc1. The number of hydrogen-bond acceptors (Lipinski definition) is 3. The van der Waals surface area contributed by atoms with Crippen LogP contribution in [0.2, 0.25) is 0 Å². The number of rotatable bonds is 6. The highest BCUT2D eigenvalue weighted by atomic mass is 16.5. The number of hydrogen-bond donors (Lipinski definition) is 1. The van der Waals surface area contributed by atoms with Crippen LogP contribution < -0.4 is 14.8 Å². The van der Waals surface area contributed by atoms with Gasteiger partial charge in [0.05, 0.1) is 13.2 Å². The number of ether oxygens (including phenoxy) is 2. The number of anilines is 1. The van der Waals surface area contributed by atoms with Crippen molar-refractivity contribution in [2.24, 2.45) is 0 Å². The third-order valence-electron chi connectivity index (χ3n) is 3.66. The van der Waals surface area contributed by atoms with Crippen LogP contribution in [-0.4, -0.2) is 19.8 Å². The molecule has 0 atom stereocenters. The van der Waals surface area contributed by atoms with Crippen LogP contribution in [0.1, 0.15) is 18.1 Å². The number of nitrogens with one attached hydrogen (secondary N) is 1. The highest BCUT2D eigenvalue weighted by Gasteiger charge is 2.11. The molecule has 3 nitrogen and oxygen atoms in total. The van der Waals surface area contributed by atoms with Gasteiger partial charge in [-0.1, -0.05) is 12.1 Å². The minimum absolute atomic E-state index is 0.703. The molecule has 0 saturated heterocycles. The van der Waals surface area contributed by atoms with E-state index in [2.05, 4.69) is 35.6 Å².